The average Bonchev–Trinajstić information content (AvgIpc) is 1.36. The van der Waals surface area contributed by atoms with Crippen molar-refractivity contribution in [3.05, 3.63) is 6.42 Å². The van der Waals surface area contributed by atoms with E-state index in [1.165, 1.54) is 19.3 Å². The summed E-state index contributed by atoms with van der Waals surface area (Å²) >= 11 is 0.847. The molecule has 6 heavy (non-hydrogen) atoms. The molecular weight excluding hydrogens is 149 g/mol. The van der Waals surface area contributed by atoms with Crippen LogP contribution in [0, 0.1) is 6.42 Å². The van der Waals surface area contributed by atoms with Crippen molar-refractivity contribution in [2.24, 2.45) is 0 Å². The van der Waals surface area contributed by atoms with Crippen LogP contribution in [0.1, 0.15) is 19.3 Å². The second-order valence-electron chi connectivity index (χ2n) is 1.22. The van der Waals surface area contributed by atoms with Gasteiger partial charge in [-0.15, -0.1) is 6.42 Å². The maximum atomic E-state index is 4.76. The van der Waals surface area contributed by atoms with Crippen LogP contribution in [-0.2, 0) is 17.3 Å². The van der Waals surface area contributed by atoms with Crippen LogP contribution >= 0.6 is 9.69 Å². The molecule has 1 saturated carbocycles. The van der Waals surface area contributed by atoms with Crippen LogP contribution in [0.4, 0.5) is 0 Å². The Kier molecular flexibility index (Phi) is 6.81. The van der Waals surface area contributed by atoms with E-state index < -0.39 is 0 Å². The Balaban J connectivity index is 0.000000112. The maximum absolute atomic E-state index is 4.76. The topological polar surface area (TPSA) is 0 Å². The van der Waals surface area contributed by atoms with Crippen LogP contribution in [0.15, 0.2) is 0 Å². The molecule has 0 aromatic rings. The summed E-state index contributed by atoms with van der Waals surface area (Å²) in [6.45, 7) is 0. The molecule has 32 valence electrons. The van der Waals surface area contributed by atoms with Crippen LogP contribution in [0.2, 0.25) is 0 Å². The van der Waals surface area contributed by atoms with Crippen LogP contribution in [0.25, 0.3) is 0 Å². The molecule has 0 nitrogen and oxygen atoms in total. The molecule has 0 bridgehead atoms. The van der Waals surface area contributed by atoms with Crippen molar-refractivity contribution in [3.8, 4) is 0 Å². The molecule has 0 atom stereocenters. The number of rotatable bonds is 0. The second-order valence-corrected chi connectivity index (χ2v) is 1.22. The molecule has 2 heteroatoms. The molecule has 0 aliphatic heterocycles. The van der Waals surface area contributed by atoms with Crippen LogP contribution in [-0.4, -0.2) is 0 Å². The van der Waals surface area contributed by atoms with Crippen LogP contribution in [0.5, 0.6) is 0 Å². The zero-order valence-electron chi connectivity index (χ0n) is 3.78. The Bertz CT molecular complexity index is 15.5. The molecule has 1 rings (SSSR count). The predicted octanol–water partition coefficient (Wildman–Crippen LogP) is 2.06. The zero-order chi connectivity index (χ0) is 4.83. The zero-order valence-corrected chi connectivity index (χ0v) is 7.51. The minimum absolute atomic E-state index is 0.847. The van der Waals surface area contributed by atoms with Crippen molar-refractivity contribution in [2.45, 2.75) is 19.3 Å². The van der Waals surface area contributed by atoms with Crippen molar-refractivity contribution in [1.82, 2.24) is 0 Å². The van der Waals surface area contributed by atoms with Gasteiger partial charge in [0.05, 0.1) is 0 Å². The quantitative estimate of drug-likeness (QED) is 0.372. The molecule has 0 aromatic heterocycles. The molecule has 0 saturated heterocycles. The minimum atomic E-state index is 0.847. The van der Waals surface area contributed by atoms with Crippen molar-refractivity contribution in [2.75, 3.05) is 0 Å². The van der Waals surface area contributed by atoms with E-state index in [4.69, 9.17) is 9.69 Å². The van der Waals surface area contributed by atoms with Crippen molar-refractivity contribution in [3.63, 3.8) is 0 Å². The SMILES string of the molecule is [CH-]1CCC1.[Cl][Zn+]. The summed E-state index contributed by atoms with van der Waals surface area (Å²) in [5.41, 5.74) is 0. The van der Waals surface area contributed by atoms with E-state index in [0.717, 1.165) is 17.3 Å². The number of hydrogen-bond acceptors (Lipinski definition) is 0. The Labute approximate surface area is 53.0 Å². The van der Waals surface area contributed by atoms with E-state index in [1.54, 1.807) is 0 Å². The summed E-state index contributed by atoms with van der Waals surface area (Å²) in [6, 6.07) is 0. The van der Waals surface area contributed by atoms with Gasteiger partial charge in [0.2, 0.25) is 0 Å². The third-order valence-electron chi connectivity index (χ3n) is 0.816. The van der Waals surface area contributed by atoms with Gasteiger partial charge in [0.25, 0.3) is 0 Å². The molecule has 0 N–H and O–H groups in total. The molecule has 1 fully saturated rings. The van der Waals surface area contributed by atoms with E-state index in [0.29, 0.717) is 0 Å². The second kappa shape index (κ2) is 5.91. The van der Waals surface area contributed by atoms with Gasteiger partial charge >= 0.3 is 27.0 Å². The van der Waals surface area contributed by atoms with Crippen LogP contribution < -0.4 is 0 Å². The number of hydrogen-bond donors (Lipinski definition) is 0. The van der Waals surface area contributed by atoms with Crippen molar-refractivity contribution >= 4 is 9.69 Å². The monoisotopic (exact) mass is 154 g/mol. The van der Waals surface area contributed by atoms with E-state index in [-0.39, 0.29) is 0 Å². The summed E-state index contributed by atoms with van der Waals surface area (Å²) in [5.74, 6) is 0. The van der Waals surface area contributed by atoms with Gasteiger partial charge in [-0.3, -0.25) is 0 Å². The Morgan fingerprint density at radius 2 is 1.50 bits per heavy atom. The molecule has 0 amide bonds. The summed E-state index contributed by atoms with van der Waals surface area (Å²) in [7, 11) is 4.76. The summed E-state index contributed by atoms with van der Waals surface area (Å²) < 4.78 is 0. The molecule has 1 aliphatic rings. The van der Waals surface area contributed by atoms with Gasteiger partial charge < -0.3 is 6.42 Å². The standard InChI is InChI=1S/C4H7.ClH.Zn/c1-2-4-3-1;;/h1H,2-4H2;1H;/q-1;;+2/p-1. The fraction of sp³-hybridized carbons (Fsp3) is 0.750. The Hall–Kier alpha value is 0.913. The molecule has 0 radical (unpaired) electrons. The summed E-state index contributed by atoms with van der Waals surface area (Å²) in [5, 5.41) is 0. The van der Waals surface area contributed by atoms with E-state index in [2.05, 4.69) is 6.42 Å². The van der Waals surface area contributed by atoms with Gasteiger partial charge in [0, 0.05) is 0 Å². The molecule has 0 unspecified atom stereocenters. The third-order valence-corrected chi connectivity index (χ3v) is 0.816. The molecular formula is C4H7ClZn. The van der Waals surface area contributed by atoms with E-state index in [9.17, 15) is 0 Å². The normalized spacial score (nSPS) is 17.2. The van der Waals surface area contributed by atoms with Crippen molar-refractivity contribution < 1.29 is 17.3 Å². The third kappa shape index (κ3) is 3.12. The van der Waals surface area contributed by atoms with Gasteiger partial charge in [0.15, 0.2) is 0 Å². The summed E-state index contributed by atoms with van der Waals surface area (Å²) in [4.78, 5) is 0. The van der Waals surface area contributed by atoms with Gasteiger partial charge in [0.1, 0.15) is 0 Å². The average molecular weight is 156 g/mol. The Morgan fingerprint density at radius 3 is 1.50 bits per heavy atom. The molecule has 0 heterocycles. The Morgan fingerprint density at radius 1 is 1.33 bits per heavy atom. The first-order chi connectivity index (χ1) is 3.00. The van der Waals surface area contributed by atoms with E-state index in [1.807, 2.05) is 0 Å². The van der Waals surface area contributed by atoms with E-state index >= 15 is 0 Å². The van der Waals surface area contributed by atoms with Gasteiger partial charge in [-0.2, -0.15) is 12.8 Å². The van der Waals surface area contributed by atoms with Gasteiger partial charge in [-0.05, 0) is 0 Å². The molecule has 0 aromatic carbocycles. The van der Waals surface area contributed by atoms with Gasteiger partial charge in [-0.25, -0.2) is 0 Å². The first-order valence-electron chi connectivity index (χ1n) is 2.08. The molecule has 0 spiro atoms. The fourth-order valence-corrected chi connectivity index (χ4v) is 0.204. The summed E-state index contributed by atoms with van der Waals surface area (Å²) in [6.07, 6.45) is 6.50. The predicted molar refractivity (Wildman–Crippen MR) is 24.0 cm³/mol. The first-order valence-corrected chi connectivity index (χ1v) is 5.98. The molecule has 1 aliphatic carbocycles. The van der Waals surface area contributed by atoms with Gasteiger partial charge in [-0.1, -0.05) is 0 Å². The van der Waals surface area contributed by atoms with Crippen LogP contribution in [0.3, 0.4) is 0 Å². The van der Waals surface area contributed by atoms with Crippen molar-refractivity contribution in [1.29, 1.82) is 0 Å². The number of halogens is 1. The first kappa shape index (κ1) is 6.91. The fourth-order valence-electron chi connectivity index (χ4n) is 0.204.